The van der Waals surface area contributed by atoms with Crippen molar-refractivity contribution in [2.45, 2.75) is 18.9 Å². The molecule has 1 heterocycles. The summed E-state index contributed by atoms with van der Waals surface area (Å²) in [5.41, 5.74) is 3.69. The fraction of sp³-hybridized carbons (Fsp3) is 0.235. The molecule has 0 amide bonds. The van der Waals surface area contributed by atoms with Gasteiger partial charge in [0.15, 0.2) is 5.13 Å². The van der Waals surface area contributed by atoms with Crippen molar-refractivity contribution in [2.24, 2.45) is 0 Å². The summed E-state index contributed by atoms with van der Waals surface area (Å²) in [4.78, 5) is 17.4. The van der Waals surface area contributed by atoms with Crippen molar-refractivity contribution >= 4 is 32.4 Å². The maximum absolute atomic E-state index is 10.9. The summed E-state index contributed by atoms with van der Waals surface area (Å²) >= 11 is 1.51. The molecule has 1 aliphatic carbocycles. The van der Waals surface area contributed by atoms with Crippen LogP contribution in [0.25, 0.3) is 10.2 Å². The second-order valence-corrected chi connectivity index (χ2v) is 6.78. The molecule has 5 nitrogen and oxygen atoms in total. The number of hydrogen-bond donors (Lipinski definition) is 0. The molecule has 0 N–H and O–H groups in total. The third kappa shape index (κ3) is 2.35. The maximum Gasteiger partial charge on any atom is 0.270 e. The highest BCUT2D eigenvalue weighted by atomic mass is 32.1. The quantitative estimate of drug-likeness (QED) is 0.531. The molecule has 1 aromatic heterocycles. The molecule has 0 saturated heterocycles. The van der Waals surface area contributed by atoms with E-state index in [2.05, 4.69) is 41.2 Å². The monoisotopic (exact) mass is 325 g/mol. The van der Waals surface area contributed by atoms with Crippen LogP contribution in [0.1, 0.15) is 23.6 Å². The Kier molecular flexibility index (Phi) is 3.27. The molecule has 1 aliphatic rings. The number of aryl methyl sites for hydroxylation is 1. The minimum absolute atomic E-state index is 0.113. The van der Waals surface area contributed by atoms with Gasteiger partial charge < -0.3 is 4.90 Å². The highest BCUT2D eigenvalue weighted by Gasteiger charge is 2.27. The van der Waals surface area contributed by atoms with Gasteiger partial charge in [0, 0.05) is 19.2 Å². The normalized spacial score (nSPS) is 16.5. The van der Waals surface area contributed by atoms with E-state index in [0.29, 0.717) is 6.04 Å². The predicted molar refractivity (Wildman–Crippen MR) is 92.2 cm³/mol. The zero-order valence-corrected chi connectivity index (χ0v) is 13.4. The van der Waals surface area contributed by atoms with Crippen molar-refractivity contribution in [3.05, 3.63) is 63.7 Å². The van der Waals surface area contributed by atoms with Gasteiger partial charge >= 0.3 is 0 Å². The molecule has 3 aromatic rings. The van der Waals surface area contributed by atoms with Crippen LogP contribution >= 0.6 is 11.3 Å². The van der Waals surface area contributed by atoms with E-state index < -0.39 is 0 Å². The van der Waals surface area contributed by atoms with Crippen LogP contribution in [-0.2, 0) is 6.42 Å². The summed E-state index contributed by atoms with van der Waals surface area (Å²) < 4.78 is 0.854. The number of hydrogen-bond acceptors (Lipinski definition) is 5. The zero-order valence-electron chi connectivity index (χ0n) is 12.6. The highest BCUT2D eigenvalue weighted by molar-refractivity contribution is 7.22. The third-order valence-electron chi connectivity index (χ3n) is 4.44. The molecule has 0 saturated carbocycles. The van der Waals surface area contributed by atoms with E-state index in [1.807, 2.05) is 0 Å². The lowest BCUT2D eigenvalue weighted by Gasteiger charge is -2.24. The largest absolute Gasteiger partial charge is 0.344 e. The van der Waals surface area contributed by atoms with E-state index >= 15 is 0 Å². The van der Waals surface area contributed by atoms with Gasteiger partial charge in [0.1, 0.15) is 0 Å². The molecule has 116 valence electrons. The molecule has 1 unspecified atom stereocenters. The summed E-state index contributed by atoms with van der Waals surface area (Å²) in [5.74, 6) is 0. The highest BCUT2D eigenvalue weighted by Crippen LogP contribution is 2.40. The Labute approximate surface area is 137 Å². The van der Waals surface area contributed by atoms with Gasteiger partial charge in [0.25, 0.3) is 5.69 Å². The van der Waals surface area contributed by atoms with Crippen LogP contribution in [0.15, 0.2) is 42.5 Å². The number of fused-ring (bicyclic) bond motifs is 2. The zero-order chi connectivity index (χ0) is 16.0. The van der Waals surface area contributed by atoms with E-state index in [1.54, 1.807) is 12.1 Å². The van der Waals surface area contributed by atoms with Crippen molar-refractivity contribution in [3.63, 3.8) is 0 Å². The first-order valence-corrected chi connectivity index (χ1v) is 8.31. The average molecular weight is 325 g/mol. The first-order chi connectivity index (χ1) is 11.1. The van der Waals surface area contributed by atoms with Gasteiger partial charge in [-0.05, 0) is 30.0 Å². The van der Waals surface area contributed by atoms with E-state index in [1.165, 1.54) is 28.5 Å². The van der Waals surface area contributed by atoms with Crippen molar-refractivity contribution in [2.75, 3.05) is 11.9 Å². The molecule has 0 spiro atoms. The molecule has 4 rings (SSSR count). The number of aromatic nitrogens is 1. The van der Waals surface area contributed by atoms with E-state index in [0.717, 1.165) is 28.2 Å². The van der Waals surface area contributed by atoms with Gasteiger partial charge in [-0.3, -0.25) is 10.1 Å². The number of rotatable bonds is 3. The molecule has 0 bridgehead atoms. The smallest absolute Gasteiger partial charge is 0.270 e. The van der Waals surface area contributed by atoms with Crippen LogP contribution in [0, 0.1) is 10.1 Å². The molecule has 23 heavy (non-hydrogen) atoms. The second kappa shape index (κ2) is 5.31. The Hall–Kier alpha value is -2.47. The van der Waals surface area contributed by atoms with Crippen LogP contribution in [0.3, 0.4) is 0 Å². The van der Waals surface area contributed by atoms with Crippen molar-refractivity contribution < 1.29 is 4.92 Å². The van der Waals surface area contributed by atoms with Gasteiger partial charge in [0.2, 0.25) is 0 Å². The number of non-ortho nitro benzene ring substituents is 1. The lowest BCUT2D eigenvalue weighted by Crippen LogP contribution is -2.21. The van der Waals surface area contributed by atoms with Gasteiger partial charge in [-0.25, -0.2) is 4.98 Å². The lowest BCUT2D eigenvalue weighted by atomic mass is 10.1. The van der Waals surface area contributed by atoms with Crippen molar-refractivity contribution in [1.29, 1.82) is 0 Å². The van der Waals surface area contributed by atoms with Gasteiger partial charge in [-0.15, -0.1) is 0 Å². The number of thiazole rings is 1. The number of nitro benzene ring substituents is 1. The summed E-state index contributed by atoms with van der Waals surface area (Å²) in [6.45, 7) is 0. The second-order valence-electron chi connectivity index (χ2n) is 5.77. The summed E-state index contributed by atoms with van der Waals surface area (Å²) in [7, 11) is 2.05. The maximum atomic E-state index is 10.9. The molecule has 6 heteroatoms. The van der Waals surface area contributed by atoms with E-state index in [4.69, 9.17) is 0 Å². The third-order valence-corrected chi connectivity index (χ3v) is 5.55. The van der Waals surface area contributed by atoms with Crippen molar-refractivity contribution in [1.82, 2.24) is 4.98 Å². The Balaban J connectivity index is 1.70. The molecule has 0 fully saturated rings. The summed E-state index contributed by atoms with van der Waals surface area (Å²) in [6.07, 6.45) is 2.16. The topological polar surface area (TPSA) is 59.3 Å². The fourth-order valence-corrected chi connectivity index (χ4v) is 4.25. The standard InChI is InChI=1S/C17H15N3O2S/c1-19(15-9-6-11-4-2-3-5-13(11)15)17-18-14-8-7-12(20(21)22)10-16(14)23-17/h2-5,7-8,10,15H,6,9H2,1H3. The van der Waals surface area contributed by atoms with Crippen LogP contribution in [0.4, 0.5) is 10.8 Å². The molecule has 2 aromatic carbocycles. The Morgan fingerprint density at radius 2 is 2.13 bits per heavy atom. The molecule has 0 radical (unpaired) electrons. The predicted octanol–water partition coefficient (Wildman–Crippen LogP) is 4.33. The van der Waals surface area contributed by atoms with E-state index in [-0.39, 0.29) is 10.6 Å². The molecular formula is C17H15N3O2S. The summed E-state index contributed by atoms with van der Waals surface area (Å²) in [5, 5.41) is 11.8. The van der Waals surface area contributed by atoms with Crippen LogP contribution in [0.2, 0.25) is 0 Å². The van der Waals surface area contributed by atoms with Crippen LogP contribution < -0.4 is 4.90 Å². The first-order valence-electron chi connectivity index (χ1n) is 7.49. The number of benzene rings is 2. The molecule has 1 atom stereocenters. The van der Waals surface area contributed by atoms with Crippen LogP contribution in [-0.4, -0.2) is 17.0 Å². The lowest BCUT2D eigenvalue weighted by molar-refractivity contribution is -0.384. The van der Waals surface area contributed by atoms with Crippen molar-refractivity contribution in [3.8, 4) is 0 Å². The average Bonchev–Trinajstić information content (AvgIpc) is 3.17. The fourth-order valence-electron chi connectivity index (χ4n) is 3.24. The number of nitrogens with zero attached hydrogens (tertiary/aromatic N) is 3. The van der Waals surface area contributed by atoms with Crippen LogP contribution in [0.5, 0.6) is 0 Å². The minimum atomic E-state index is -0.365. The van der Waals surface area contributed by atoms with E-state index in [9.17, 15) is 10.1 Å². The Bertz CT molecular complexity index is 906. The Morgan fingerprint density at radius 1 is 1.30 bits per heavy atom. The number of nitro groups is 1. The molecule has 0 aliphatic heterocycles. The van der Waals surface area contributed by atoms with Gasteiger partial charge in [-0.1, -0.05) is 35.6 Å². The Morgan fingerprint density at radius 3 is 2.96 bits per heavy atom. The minimum Gasteiger partial charge on any atom is -0.344 e. The van der Waals surface area contributed by atoms with Gasteiger partial charge in [0.05, 0.1) is 21.2 Å². The first kappa shape index (κ1) is 14.1. The molecular weight excluding hydrogens is 310 g/mol. The number of anilines is 1. The summed E-state index contributed by atoms with van der Waals surface area (Å²) in [6, 6.07) is 13.7. The van der Waals surface area contributed by atoms with Gasteiger partial charge in [-0.2, -0.15) is 0 Å². The SMILES string of the molecule is CN(c1nc2ccc([N+](=O)[O-])cc2s1)C1CCc2ccccc21.